The number of hydrogen-bond acceptors (Lipinski definition) is 12. The van der Waals surface area contributed by atoms with Crippen LogP contribution in [-0.2, 0) is 14.3 Å². The van der Waals surface area contributed by atoms with Crippen molar-refractivity contribution in [3.05, 3.63) is 66.3 Å². The maximum atomic E-state index is 13.6. The standard InChI is InChI=1S/C41H54ClN3O11/c1-6-20-54-41-36(45(2)40(49)53-21-17-42)25-33(44-52-5)30-22-26(11-7-9-18-46)29(12-8-10-19-47)37(38(30)41)31-23-28(14-16-34(31)56-41)55-39(48)43-32-15-13-27(50-3)24-35(32)51-4/h6,13-16,22-24,26,29,36-38,46-47H,1,7-12,17-21,25H2,2-5H3,(H,43,48)/t26-,29+,36-,37+,38+,41+/m0/s1. The number of likely N-dealkylation sites (N-methyl/N-ethyl adjacent to an activating group) is 1. The van der Waals surface area contributed by atoms with Gasteiger partial charge in [-0.15, -0.1) is 18.2 Å². The van der Waals surface area contributed by atoms with Crippen LogP contribution in [0.1, 0.15) is 56.4 Å². The Balaban J connectivity index is 1.66. The second-order valence-electron chi connectivity index (χ2n) is 14.0. The fourth-order valence-corrected chi connectivity index (χ4v) is 8.48. The minimum absolute atomic E-state index is 0.0158. The number of alkyl halides is 1. The van der Waals surface area contributed by atoms with Crippen LogP contribution in [0.4, 0.5) is 15.3 Å². The molecule has 2 aromatic rings. The van der Waals surface area contributed by atoms with E-state index in [9.17, 15) is 19.8 Å². The van der Waals surface area contributed by atoms with Gasteiger partial charge in [-0.05, 0) is 73.4 Å². The number of nitrogens with zero attached hydrogens (tertiary/aromatic N) is 2. The maximum absolute atomic E-state index is 13.6. The minimum Gasteiger partial charge on any atom is -0.497 e. The molecule has 6 atom stereocenters. The Bertz CT molecular complexity index is 1740. The number of oxime groups is 1. The molecule has 1 saturated carbocycles. The van der Waals surface area contributed by atoms with E-state index in [1.165, 1.54) is 19.1 Å². The summed E-state index contributed by atoms with van der Waals surface area (Å²) in [5.74, 6) is -0.424. The molecule has 3 N–H and O–H groups in total. The van der Waals surface area contributed by atoms with Crippen LogP contribution in [0, 0.1) is 17.8 Å². The van der Waals surface area contributed by atoms with Gasteiger partial charge in [0, 0.05) is 44.2 Å². The third kappa shape index (κ3) is 9.20. The van der Waals surface area contributed by atoms with Crippen LogP contribution in [0.2, 0.25) is 0 Å². The van der Waals surface area contributed by atoms with E-state index in [1.807, 2.05) is 6.07 Å². The normalized spacial score (nSPS) is 24.1. The van der Waals surface area contributed by atoms with E-state index >= 15 is 0 Å². The van der Waals surface area contributed by atoms with Crippen LogP contribution in [-0.4, -0.2) is 106 Å². The number of ether oxygens (including phenoxy) is 6. The lowest BCUT2D eigenvalue weighted by atomic mass is 9.55. The second kappa shape index (κ2) is 20.1. The molecule has 15 heteroatoms. The van der Waals surface area contributed by atoms with E-state index in [0.717, 1.165) is 36.8 Å². The number of carbonyl (C=O) groups excluding carboxylic acids is 2. The van der Waals surface area contributed by atoms with Gasteiger partial charge < -0.3 is 48.4 Å². The quantitative estimate of drug-likeness (QED) is 0.0587. The first-order valence-corrected chi connectivity index (χ1v) is 19.5. The van der Waals surface area contributed by atoms with Crippen LogP contribution in [0.15, 0.2) is 65.9 Å². The first-order chi connectivity index (χ1) is 27.2. The van der Waals surface area contributed by atoms with Crippen molar-refractivity contribution in [3.63, 3.8) is 0 Å². The van der Waals surface area contributed by atoms with Gasteiger partial charge in [0.15, 0.2) is 0 Å². The summed E-state index contributed by atoms with van der Waals surface area (Å²) >= 11 is 5.89. The highest BCUT2D eigenvalue weighted by Crippen LogP contribution is 2.61. The molecule has 1 fully saturated rings. The lowest BCUT2D eigenvalue weighted by molar-refractivity contribution is -0.253. The Morgan fingerprint density at radius 2 is 1.80 bits per heavy atom. The smallest absolute Gasteiger partial charge is 0.417 e. The molecular formula is C41H54ClN3O11. The van der Waals surface area contributed by atoms with Crippen molar-refractivity contribution in [1.82, 2.24) is 4.90 Å². The third-order valence-electron chi connectivity index (χ3n) is 10.8. The number of hydrogen-bond donors (Lipinski definition) is 3. The SMILES string of the molecule is C=CCO[C@@]12Oc3ccc(OC(=O)Nc4ccc(OC)cc4OC)cc3[C@H]3[C@H](CCCCO)[C@@H](CCCCO)C=C(C(=NOC)C[C@@H]1N(C)C(=O)OCCCl)[C@H]32. The van der Waals surface area contributed by atoms with Gasteiger partial charge in [0.2, 0.25) is 5.79 Å². The highest BCUT2D eigenvalue weighted by Gasteiger charge is 2.65. The fourth-order valence-electron chi connectivity index (χ4n) is 8.40. The number of methoxy groups -OCH3 is 2. The zero-order chi connectivity index (χ0) is 40.2. The van der Waals surface area contributed by atoms with E-state index in [0.29, 0.717) is 41.5 Å². The molecular weight excluding hydrogens is 746 g/mol. The predicted molar refractivity (Wildman–Crippen MR) is 211 cm³/mol. The molecule has 306 valence electrons. The van der Waals surface area contributed by atoms with Crippen LogP contribution in [0.3, 0.4) is 0 Å². The monoisotopic (exact) mass is 799 g/mol. The van der Waals surface area contributed by atoms with E-state index in [4.69, 9.17) is 44.9 Å². The van der Waals surface area contributed by atoms with Crippen molar-refractivity contribution in [1.29, 1.82) is 0 Å². The number of carbonyl (C=O) groups is 2. The number of allylic oxidation sites excluding steroid dienone is 1. The van der Waals surface area contributed by atoms with Crippen molar-refractivity contribution in [2.45, 2.75) is 62.7 Å². The van der Waals surface area contributed by atoms with Crippen LogP contribution in [0.5, 0.6) is 23.0 Å². The van der Waals surface area contributed by atoms with E-state index in [1.54, 1.807) is 50.6 Å². The van der Waals surface area contributed by atoms with Gasteiger partial charge in [-0.3, -0.25) is 5.32 Å². The molecule has 1 aliphatic heterocycles. The van der Waals surface area contributed by atoms with E-state index in [2.05, 4.69) is 23.1 Å². The van der Waals surface area contributed by atoms with Crippen LogP contribution in [0.25, 0.3) is 0 Å². The number of amides is 2. The van der Waals surface area contributed by atoms with Crippen molar-refractivity contribution in [3.8, 4) is 23.0 Å². The Kier molecular flexibility index (Phi) is 15.3. The Morgan fingerprint density at radius 1 is 1.05 bits per heavy atom. The third-order valence-corrected chi connectivity index (χ3v) is 10.9. The Labute approximate surface area is 333 Å². The van der Waals surface area contributed by atoms with Crippen molar-refractivity contribution in [2.75, 3.05) is 66.0 Å². The highest BCUT2D eigenvalue weighted by atomic mass is 35.5. The van der Waals surface area contributed by atoms with Crippen LogP contribution < -0.4 is 24.3 Å². The fraction of sp³-hybridized carbons (Fsp3) is 0.537. The molecule has 0 radical (unpaired) electrons. The number of halogens is 1. The minimum atomic E-state index is -1.45. The lowest BCUT2D eigenvalue weighted by Crippen LogP contribution is -2.69. The summed E-state index contributed by atoms with van der Waals surface area (Å²) in [4.78, 5) is 33.8. The molecule has 0 spiro atoms. The van der Waals surface area contributed by atoms with Gasteiger partial charge in [0.1, 0.15) is 42.8 Å². The lowest BCUT2D eigenvalue weighted by Gasteiger charge is -2.59. The van der Waals surface area contributed by atoms with E-state index in [-0.39, 0.29) is 62.2 Å². The summed E-state index contributed by atoms with van der Waals surface area (Å²) < 4.78 is 36.0. The van der Waals surface area contributed by atoms with E-state index < -0.39 is 29.9 Å². The molecule has 1 heterocycles. The summed E-state index contributed by atoms with van der Waals surface area (Å²) in [7, 11) is 6.16. The topological polar surface area (TPSA) is 167 Å². The zero-order valence-electron chi connectivity index (χ0n) is 32.5. The molecule has 3 aliphatic rings. The number of nitrogens with one attached hydrogen (secondary N) is 1. The average Bonchev–Trinajstić information content (AvgIpc) is 3.20. The summed E-state index contributed by atoms with van der Waals surface area (Å²) in [5, 5.41) is 26.8. The van der Waals surface area contributed by atoms with Crippen LogP contribution >= 0.6 is 11.6 Å². The molecule has 2 aromatic carbocycles. The number of rotatable bonds is 19. The van der Waals surface area contributed by atoms with Crippen molar-refractivity contribution >= 4 is 35.2 Å². The molecule has 0 unspecified atom stereocenters. The highest BCUT2D eigenvalue weighted by molar-refractivity contribution is 6.18. The summed E-state index contributed by atoms with van der Waals surface area (Å²) in [6.07, 6.45) is 7.07. The molecule has 56 heavy (non-hydrogen) atoms. The average molecular weight is 800 g/mol. The number of benzene rings is 2. The number of aliphatic hydroxyl groups is 2. The zero-order valence-corrected chi connectivity index (χ0v) is 33.3. The maximum Gasteiger partial charge on any atom is 0.417 e. The van der Waals surface area contributed by atoms with Gasteiger partial charge in [0.05, 0.1) is 44.0 Å². The summed E-state index contributed by atoms with van der Waals surface area (Å²) in [6.45, 7) is 4.17. The second-order valence-corrected chi connectivity index (χ2v) is 14.3. The van der Waals surface area contributed by atoms with Gasteiger partial charge >= 0.3 is 12.2 Å². The number of unbranched alkanes of at least 4 members (excludes halogenated alkanes) is 2. The van der Waals surface area contributed by atoms with Gasteiger partial charge in [-0.1, -0.05) is 30.1 Å². The Hall–Kier alpha value is -4.50. The largest absolute Gasteiger partial charge is 0.497 e. The number of aliphatic hydroxyl groups excluding tert-OH is 2. The predicted octanol–water partition coefficient (Wildman–Crippen LogP) is 6.89. The van der Waals surface area contributed by atoms with Gasteiger partial charge in [0.25, 0.3) is 0 Å². The molecule has 0 saturated heterocycles. The van der Waals surface area contributed by atoms with Gasteiger partial charge in [-0.25, -0.2) is 9.59 Å². The molecule has 5 rings (SSSR count). The first kappa shape index (κ1) is 42.6. The Morgan fingerprint density at radius 3 is 2.48 bits per heavy atom. The molecule has 0 bridgehead atoms. The van der Waals surface area contributed by atoms with Crippen molar-refractivity contribution in [2.24, 2.45) is 22.9 Å². The molecule has 2 aliphatic carbocycles. The molecule has 0 aromatic heterocycles. The summed E-state index contributed by atoms with van der Waals surface area (Å²) in [6, 6.07) is 9.50. The first-order valence-electron chi connectivity index (χ1n) is 19.0. The summed E-state index contributed by atoms with van der Waals surface area (Å²) in [5.41, 5.74) is 2.69. The van der Waals surface area contributed by atoms with Gasteiger partial charge in [-0.2, -0.15) is 0 Å². The molecule has 2 amide bonds. The number of anilines is 1. The van der Waals surface area contributed by atoms with Crippen molar-refractivity contribution < 1.29 is 53.1 Å². The number of fused-ring (bicyclic) bond motifs is 2. The molecule has 14 nitrogen and oxygen atoms in total.